The lowest BCUT2D eigenvalue weighted by Crippen LogP contribution is -2.30. The summed E-state index contributed by atoms with van der Waals surface area (Å²) in [5, 5.41) is 2.68. The van der Waals surface area contributed by atoms with E-state index < -0.39 is 15.8 Å². The molecule has 0 saturated carbocycles. The molecule has 26 heavy (non-hydrogen) atoms. The van der Waals surface area contributed by atoms with Crippen LogP contribution in [0.15, 0.2) is 48.5 Å². The van der Waals surface area contributed by atoms with E-state index in [9.17, 15) is 17.6 Å². The summed E-state index contributed by atoms with van der Waals surface area (Å²) in [6.07, 6.45) is 1.05. The number of sulfonamides is 1. The largest absolute Gasteiger partial charge is 0.383 e. The van der Waals surface area contributed by atoms with E-state index in [0.717, 1.165) is 10.6 Å². The van der Waals surface area contributed by atoms with Gasteiger partial charge in [-0.25, -0.2) is 12.8 Å². The first kappa shape index (κ1) is 19.9. The SMILES string of the molecule is COCCNC(=O)c1ccc(N(Cc2ccccc2F)S(C)(=O)=O)cc1. The Morgan fingerprint density at radius 2 is 1.81 bits per heavy atom. The number of carbonyl (C=O) groups excluding carboxylic acids is 1. The first-order chi connectivity index (χ1) is 12.3. The van der Waals surface area contributed by atoms with Gasteiger partial charge in [-0.3, -0.25) is 9.10 Å². The molecule has 0 saturated heterocycles. The van der Waals surface area contributed by atoms with Gasteiger partial charge in [-0.1, -0.05) is 18.2 Å². The van der Waals surface area contributed by atoms with Crippen LogP contribution in [0.2, 0.25) is 0 Å². The summed E-state index contributed by atoms with van der Waals surface area (Å²) in [6, 6.07) is 12.1. The quantitative estimate of drug-likeness (QED) is 0.712. The van der Waals surface area contributed by atoms with Gasteiger partial charge in [0.2, 0.25) is 10.0 Å². The lowest BCUT2D eigenvalue weighted by Gasteiger charge is -2.23. The van der Waals surface area contributed by atoms with Crippen LogP contribution in [0.25, 0.3) is 0 Å². The third-order valence-corrected chi connectivity index (χ3v) is 4.82. The van der Waals surface area contributed by atoms with Crippen molar-refractivity contribution in [2.45, 2.75) is 6.54 Å². The summed E-state index contributed by atoms with van der Waals surface area (Å²) in [5.41, 5.74) is 1.01. The number of benzene rings is 2. The number of carbonyl (C=O) groups is 1. The number of halogens is 1. The minimum absolute atomic E-state index is 0.134. The monoisotopic (exact) mass is 380 g/mol. The maximum Gasteiger partial charge on any atom is 0.251 e. The highest BCUT2D eigenvalue weighted by Gasteiger charge is 2.19. The Hall–Kier alpha value is -2.45. The first-order valence-corrected chi connectivity index (χ1v) is 9.76. The Morgan fingerprint density at radius 3 is 2.38 bits per heavy atom. The van der Waals surface area contributed by atoms with Gasteiger partial charge in [0.1, 0.15) is 5.82 Å². The van der Waals surface area contributed by atoms with Crippen molar-refractivity contribution in [1.82, 2.24) is 5.32 Å². The fourth-order valence-electron chi connectivity index (χ4n) is 2.33. The molecule has 0 fully saturated rings. The van der Waals surface area contributed by atoms with E-state index in [4.69, 9.17) is 4.74 Å². The molecule has 0 aliphatic carbocycles. The van der Waals surface area contributed by atoms with E-state index in [1.54, 1.807) is 12.1 Å². The van der Waals surface area contributed by atoms with Gasteiger partial charge in [-0.05, 0) is 30.3 Å². The van der Waals surface area contributed by atoms with E-state index >= 15 is 0 Å². The third kappa shape index (κ3) is 5.27. The second-order valence-corrected chi connectivity index (χ2v) is 7.56. The molecular weight excluding hydrogens is 359 g/mol. The average molecular weight is 380 g/mol. The zero-order chi connectivity index (χ0) is 19.2. The molecule has 0 unspecified atom stereocenters. The standard InChI is InChI=1S/C18H21FN2O4S/c1-25-12-11-20-18(22)14-7-9-16(10-8-14)21(26(2,23)24)13-15-5-3-4-6-17(15)19/h3-10H,11-13H2,1-2H3,(H,20,22). The topological polar surface area (TPSA) is 75.7 Å². The normalized spacial score (nSPS) is 11.2. The molecule has 2 aromatic carbocycles. The molecule has 0 radical (unpaired) electrons. The van der Waals surface area contributed by atoms with Gasteiger partial charge in [-0.15, -0.1) is 0 Å². The minimum atomic E-state index is -3.63. The highest BCUT2D eigenvalue weighted by atomic mass is 32.2. The summed E-state index contributed by atoms with van der Waals surface area (Å²) in [4.78, 5) is 12.0. The molecule has 2 aromatic rings. The number of ether oxygens (including phenoxy) is 1. The fourth-order valence-corrected chi connectivity index (χ4v) is 3.21. The van der Waals surface area contributed by atoms with Gasteiger partial charge in [0.05, 0.1) is 25.1 Å². The Morgan fingerprint density at radius 1 is 1.15 bits per heavy atom. The molecule has 0 aromatic heterocycles. The van der Waals surface area contributed by atoms with E-state index in [0.29, 0.717) is 24.4 Å². The maximum absolute atomic E-state index is 13.9. The van der Waals surface area contributed by atoms with Crippen LogP contribution in [0.3, 0.4) is 0 Å². The second-order valence-electron chi connectivity index (χ2n) is 5.66. The Balaban J connectivity index is 2.21. The highest BCUT2D eigenvalue weighted by Crippen LogP contribution is 2.22. The van der Waals surface area contributed by atoms with Crippen molar-refractivity contribution in [3.05, 3.63) is 65.5 Å². The molecule has 0 atom stereocenters. The molecular formula is C18H21FN2O4S. The molecule has 0 spiro atoms. The number of methoxy groups -OCH3 is 1. The molecule has 1 N–H and O–H groups in total. The van der Waals surface area contributed by atoms with Crippen molar-refractivity contribution >= 4 is 21.6 Å². The molecule has 0 heterocycles. The van der Waals surface area contributed by atoms with Gasteiger partial charge in [-0.2, -0.15) is 0 Å². The predicted octanol–water partition coefficient (Wildman–Crippen LogP) is 2.17. The Kier molecular flexibility index (Phi) is 6.70. The second kappa shape index (κ2) is 8.77. The molecule has 0 bridgehead atoms. The van der Waals surface area contributed by atoms with Crippen LogP contribution in [0.4, 0.5) is 10.1 Å². The van der Waals surface area contributed by atoms with Crippen LogP contribution >= 0.6 is 0 Å². The van der Waals surface area contributed by atoms with Crippen molar-refractivity contribution in [2.75, 3.05) is 30.8 Å². The van der Waals surface area contributed by atoms with Crippen LogP contribution in [-0.4, -0.2) is 40.8 Å². The number of hydrogen-bond acceptors (Lipinski definition) is 4. The fraction of sp³-hybridized carbons (Fsp3) is 0.278. The van der Waals surface area contributed by atoms with Crippen LogP contribution in [0, 0.1) is 5.82 Å². The first-order valence-electron chi connectivity index (χ1n) is 7.91. The molecule has 1 amide bonds. The molecule has 2 rings (SSSR count). The summed E-state index contributed by atoms with van der Waals surface area (Å²) >= 11 is 0. The smallest absolute Gasteiger partial charge is 0.251 e. The Bertz CT molecular complexity index is 854. The average Bonchev–Trinajstić information content (AvgIpc) is 2.60. The van der Waals surface area contributed by atoms with Gasteiger partial charge >= 0.3 is 0 Å². The van der Waals surface area contributed by atoms with Gasteiger partial charge in [0, 0.05) is 24.8 Å². The van der Waals surface area contributed by atoms with E-state index in [-0.39, 0.29) is 18.0 Å². The van der Waals surface area contributed by atoms with Gasteiger partial charge < -0.3 is 10.1 Å². The zero-order valence-corrected chi connectivity index (χ0v) is 15.4. The molecule has 0 aliphatic heterocycles. The lowest BCUT2D eigenvalue weighted by molar-refractivity contribution is 0.0937. The highest BCUT2D eigenvalue weighted by molar-refractivity contribution is 7.92. The number of anilines is 1. The Labute approximate surface area is 152 Å². The van der Waals surface area contributed by atoms with Crippen LogP contribution in [0.1, 0.15) is 15.9 Å². The summed E-state index contributed by atoms with van der Waals surface area (Å²) in [5.74, 6) is -0.760. The third-order valence-electron chi connectivity index (χ3n) is 3.68. The summed E-state index contributed by atoms with van der Waals surface area (Å²) in [6.45, 7) is 0.638. The number of rotatable bonds is 8. The van der Waals surface area contributed by atoms with Crippen molar-refractivity contribution in [3.8, 4) is 0 Å². The molecule has 6 nitrogen and oxygen atoms in total. The van der Waals surface area contributed by atoms with E-state index in [1.807, 2.05) is 0 Å². The number of hydrogen-bond donors (Lipinski definition) is 1. The van der Waals surface area contributed by atoms with Gasteiger partial charge in [0.15, 0.2) is 0 Å². The number of amides is 1. The van der Waals surface area contributed by atoms with E-state index in [1.165, 1.54) is 43.5 Å². The van der Waals surface area contributed by atoms with Crippen molar-refractivity contribution in [3.63, 3.8) is 0 Å². The lowest BCUT2D eigenvalue weighted by atomic mass is 10.1. The van der Waals surface area contributed by atoms with Crippen molar-refractivity contribution < 1.29 is 22.3 Å². The van der Waals surface area contributed by atoms with Crippen LogP contribution in [0.5, 0.6) is 0 Å². The van der Waals surface area contributed by atoms with Crippen molar-refractivity contribution in [2.24, 2.45) is 0 Å². The molecule has 140 valence electrons. The number of nitrogens with one attached hydrogen (secondary N) is 1. The predicted molar refractivity (Wildman–Crippen MR) is 98.1 cm³/mol. The van der Waals surface area contributed by atoms with Crippen molar-refractivity contribution in [1.29, 1.82) is 0 Å². The van der Waals surface area contributed by atoms with Crippen LogP contribution < -0.4 is 9.62 Å². The zero-order valence-electron chi connectivity index (χ0n) is 14.6. The number of nitrogens with zero attached hydrogens (tertiary/aromatic N) is 1. The summed E-state index contributed by atoms with van der Waals surface area (Å²) in [7, 11) is -2.10. The van der Waals surface area contributed by atoms with Crippen LogP contribution in [-0.2, 0) is 21.3 Å². The van der Waals surface area contributed by atoms with E-state index in [2.05, 4.69) is 5.32 Å². The summed E-state index contributed by atoms with van der Waals surface area (Å²) < 4.78 is 44.1. The minimum Gasteiger partial charge on any atom is -0.383 e. The van der Waals surface area contributed by atoms with Gasteiger partial charge in [0.25, 0.3) is 5.91 Å². The maximum atomic E-state index is 13.9. The molecule has 0 aliphatic rings. The molecule has 8 heteroatoms.